The zero-order valence-corrected chi connectivity index (χ0v) is 22.4. The van der Waals surface area contributed by atoms with Crippen LogP contribution < -0.4 is 0 Å². The molecule has 0 heterocycles. The maximum Gasteiger partial charge on any atom is 0.320 e. The van der Waals surface area contributed by atoms with E-state index in [9.17, 15) is 19.2 Å². The minimum atomic E-state index is -1.46. The molecule has 0 bridgehead atoms. The summed E-state index contributed by atoms with van der Waals surface area (Å²) in [5, 5.41) is 34.4. The fourth-order valence-electron chi connectivity index (χ4n) is 1.35. The van der Waals surface area contributed by atoms with Crippen molar-refractivity contribution in [3.63, 3.8) is 0 Å². The summed E-state index contributed by atoms with van der Waals surface area (Å²) in [6, 6.07) is -1.46. The Kier molecular flexibility index (Phi) is 32.0. The molecule has 9 nitrogen and oxygen atoms in total. The number of carboxylic acids is 4. The van der Waals surface area contributed by atoms with Gasteiger partial charge in [0.1, 0.15) is 6.04 Å². The molecule has 13 heteroatoms. The number of hydrogen-bond donors (Lipinski definition) is 4. The van der Waals surface area contributed by atoms with E-state index in [1.165, 1.54) is 0 Å². The van der Waals surface area contributed by atoms with Crippen LogP contribution in [0.25, 0.3) is 0 Å². The molecule has 4 N–H and O–H groups in total. The number of nitrogens with zero attached hydrogens (tertiary/aromatic N) is 1. The summed E-state index contributed by atoms with van der Waals surface area (Å²) in [5.41, 5.74) is 0. The molecule has 0 aromatic rings. The SMILES string of the molecule is O=C(O)CC[C@@H](C(=O)O)N(CC(=O)O)CC(=O)O.[K].[Na].[Na].[Na]. The molecule has 22 heavy (non-hydrogen) atoms. The first kappa shape index (κ1) is 35.6. The van der Waals surface area contributed by atoms with Gasteiger partial charge in [0.2, 0.25) is 0 Å². The molecule has 0 saturated carbocycles. The van der Waals surface area contributed by atoms with E-state index in [2.05, 4.69) is 0 Å². The second-order valence-corrected chi connectivity index (χ2v) is 3.48. The van der Waals surface area contributed by atoms with E-state index in [0.717, 1.165) is 0 Å². The maximum atomic E-state index is 10.9. The first-order chi connectivity index (χ1) is 8.23. The number of carboxylic acid groups (broad SMARTS) is 4. The van der Waals surface area contributed by atoms with E-state index in [4.69, 9.17) is 20.4 Å². The monoisotopic (exact) mass is 371 g/mol. The smallest absolute Gasteiger partial charge is 0.320 e. The third kappa shape index (κ3) is 18.8. The van der Waals surface area contributed by atoms with E-state index in [-0.39, 0.29) is 146 Å². The van der Waals surface area contributed by atoms with Gasteiger partial charge in [-0.1, -0.05) is 0 Å². The number of carbonyl (C=O) groups is 4. The summed E-state index contributed by atoms with van der Waals surface area (Å²) in [7, 11) is 0. The molecule has 4 radical (unpaired) electrons. The summed E-state index contributed by atoms with van der Waals surface area (Å²) < 4.78 is 0. The van der Waals surface area contributed by atoms with Crippen LogP contribution in [-0.2, 0) is 19.2 Å². The van der Waals surface area contributed by atoms with E-state index in [1.54, 1.807) is 0 Å². The Labute approximate surface area is 235 Å². The van der Waals surface area contributed by atoms with E-state index >= 15 is 0 Å². The zero-order chi connectivity index (χ0) is 14.3. The summed E-state index contributed by atoms with van der Waals surface area (Å²) in [5.74, 6) is -5.48. The Bertz CT molecular complexity index is 355. The third-order valence-corrected chi connectivity index (χ3v) is 2.03. The molecule has 0 saturated heterocycles. The van der Waals surface area contributed by atoms with Crippen molar-refractivity contribution >= 4 is 164 Å². The molecule has 1 atom stereocenters. The summed E-state index contributed by atoms with van der Waals surface area (Å²) in [6.07, 6.45) is -0.863. The van der Waals surface area contributed by atoms with Gasteiger partial charge < -0.3 is 20.4 Å². The molecule has 0 rings (SSSR count). The van der Waals surface area contributed by atoms with Crippen LogP contribution in [0, 0.1) is 0 Å². The first-order valence-corrected chi connectivity index (χ1v) is 4.86. The molecular weight excluding hydrogens is 358 g/mol. The van der Waals surface area contributed by atoms with Gasteiger partial charge in [-0.05, 0) is 6.42 Å². The van der Waals surface area contributed by atoms with Crippen molar-refractivity contribution in [3.05, 3.63) is 0 Å². The van der Waals surface area contributed by atoms with E-state index < -0.39 is 49.4 Å². The molecule has 0 aromatic heterocycles. The van der Waals surface area contributed by atoms with Gasteiger partial charge in [0.15, 0.2) is 0 Å². The third-order valence-electron chi connectivity index (χ3n) is 2.03. The molecule has 0 fully saturated rings. The molecule has 0 aliphatic carbocycles. The Morgan fingerprint density at radius 2 is 1.14 bits per heavy atom. The minimum absolute atomic E-state index is 0. The molecule has 0 unspecified atom stereocenters. The predicted octanol–water partition coefficient (Wildman–Crippen LogP) is -2.75. The van der Waals surface area contributed by atoms with Gasteiger partial charge in [-0.15, -0.1) is 0 Å². The van der Waals surface area contributed by atoms with Crippen LogP contribution in [0.2, 0.25) is 0 Å². The molecule has 0 spiro atoms. The quantitative estimate of drug-likeness (QED) is 0.316. The van der Waals surface area contributed by atoms with Crippen molar-refractivity contribution in [2.75, 3.05) is 13.1 Å². The fraction of sp³-hybridized carbons (Fsp3) is 0.556. The molecule has 0 aromatic carbocycles. The van der Waals surface area contributed by atoms with E-state index in [1.807, 2.05) is 0 Å². The minimum Gasteiger partial charge on any atom is -0.481 e. The van der Waals surface area contributed by atoms with Gasteiger partial charge in [-0.25, -0.2) is 0 Å². The number of hydrogen-bond acceptors (Lipinski definition) is 5. The Morgan fingerprint density at radius 1 is 0.773 bits per heavy atom. The second-order valence-electron chi connectivity index (χ2n) is 3.48. The fourth-order valence-corrected chi connectivity index (χ4v) is 1.35. The van der Waals surface area contributed by atoms with Gasteiger partial charge in [0.05, 0.1) is 13.1 Å². The van der Waals surface area contributed by atoms with Crippen LogP contribution >= 0.6 is 0 Å². The standard InChI is InChI=1S/C9H13NO8.K.3Na/c11-6(12)2-1-5(9(17)18)10(3-7(13)14)4-8(15)16;;;;/h5H,1-4H2,(H,11,12)(H,13,14)(H,15,16)(H,17,18);;;;/t5-;;;;/m0..../s1. The number of aliphatic carboxylic acids is 4. The molecule has 0 aliphatic heterocycles. The molecule has 0 aliphatic rings. The van der Waals surface area contributed by atoms with Crippen LogP contribution in [0.4, 0.5) is 0 Å². The zero-order valence-electron chi connectivity index (χ0n) is 13.3. The van der Waals surface area contributed by atoms with Crippen LogP contribution in [0.1, 0.15) is 12.8 Å². The normalized spacial score (nSPS) is 9.86. The van der Waals surface area contributed by atoms with Crippen molar-refractivity contribution in [1.29, 1.82) is 0 Å². The molecular formula is C9H13KNNa3O8. The van der Waals surface area contributed by atoms with Crippen LogP contribution in [0.5, 0.6) is 0 Å². The summed E-state index contributed by atoms with van der Waals surface area (Å²) >= 11 is 0. The van der Waals surface area contributed by atoms with Gasteiger partial charge in [0, 0.05) is 146 Å². The Hall–Kier alpha value is 2.48. The summed E-state index contributed by atoms with van der Waals surface area (Å²) in [4.78, 5) is 43.0. The van der Waals surface area contributed by atoms with Crippen LogP contribution in [-0.4, -0.2) is 208 Å². The molecule has 106 valence electrons. The summed E-state index contributed by atoms with van der Waals surface area (Å²) in [6.45, 7) is -1.58. The van der Waals surface area contributed by atoms with Gasteiger partial charge >= 0.3 is 23.9 Å². The second kappa shape index (κ2) is 19.8. The van der Waals surface area contributed by atoms with Gasteiger partial charge in [-0.3, -0.25) is 24.1 Å². The average Bonchev–Trinajstić information content (AvgIpc) is 2.14. The maximum absolute atomic E-state index is 10.9. The average molecular weight is 371 g/mol. The topological polar surface area (TPSA) is 152 Å². The van der Waals surface area contributed by atoms with Crippen molar-refractivity contribution < 1.29 is 39.6 Å². The van der Waals surface area contributed by atoms with Crippen molar-refractivity contribution in [3.8, 4) is 0 Å². The van der Waals surface area contributed by atoms with Crippen molar-refractivity contribution in [2.45, 2.75) is 18.9 Å². The predicted molar refractivity (Wildman–Crippen MR) is 78.2 cm³/mol. The largest absolute Gasteiger partial charge is 0.481 e. The van der Waals surface area contributed by atoms with Crippen LogP contribution in [0.3, 0.4) is 0 Å². The van der Waals surface area contributed by atoms with Crippen molar-refractivity contribution in [1.82, 2.24) is 4.90 Å². The van der Waals surface area contributed by atoms with E-state index in [0.29, 0.717) is 4.90 Å². The first-order valence-electron chi connectivity index (χ1n) is 4.86. The number of rotatable bonds is 9. The van der Waals surface area contributed by atoms with Gasteiger partial charge in [0.25, 0.3) is 0 Å². The van der Waals surface area contributed by atoms with Crippen LogP contribution in [0.15, 0.2) is 0 Å². The molecule has 0 amide bonds. The van der Waals surface area contributed by atoms with Gasteiger partial charge in [-0.2, -0.15) is 0 Å². The van der Waals surface area contributed by atoms with Crippen molar-refractivity contribution in [2.24, 2.45) is 0 Å². The Morgan fingerprint density at radius 3 is 1.36 bits per heavy atom. The Balaban J connectivity index is -0.000000241.